The van der Waals surface area contributed by atoms with Gasteiger partial charge in [-0.15, -0.1) is 0 Å². The number of hydrogen-bond acceptors (Lipinski definition) is 2. The maximum absolute atomic E-state index is 5.51. The summed E-state index contributed by atoms with van der Waals surface area (Å²) in [5.74, 6) is 1.57. The van der Waals surface area contributed by atoms with Gasteiger partial charge >= 0.3 is 0 Å². The van der Waals surface area contributed by atoms with Crippen molar-refractivity contribution in [3.8, 4) is 11.5 Å². The van der Waals surface area contributed by atoms with Gasteiger partial charge in [0.15, 0.2) is 11.5 Å². The maximum Gasteiger partial charge on any atom is 0.160 e. The molecular weight excluding hydrogens is 538 g/mol. The van der Waals surface area contributed by atoms with Gasteiger partial charge in [-0.05, 0) is 66.9 Å². The molecule has 0 heterocycles. The van der Waals surface area contributed by atoms with Crippen LogP contribution in [-0.4, -0.2) is 20.4 Å². The zero-order valence-corrected chi connectivity index (χ0v) is 22.2. The van der Waals surface area contributed by atoms with Crippen LogP contribution in [0.2, 0.25) is 0 Å². The predicted octanol–water partition coefficient (Wildman–Crippen LogP) is 2.63. The third kappa shape index (κ3) is 5.59. The lowest BCUT2D eigenvalue weighted by Gasteiger charge is -2.27. The van der Waals surface area contributed by atoms with Crippen molar-refractivity contribution in [1.82, 2.24) is 0 Å². The lowest BCUT2D eigenvalue weighted by molar-refractivity contribution is -0.00000682. The molecule has 0 saturated heterocycles. The Bertz CT molecular complexity index is 1020. The Morgan fingerprint density at radius 3 is 1.45 bits per heavy atom. The van der Waals surface area contributed by atoms with Gasteiger partial charge in [-0.2, -0.15) is 0 Å². The van der Waals surface area contributed by atoms with E-state index in [-0.39, 0.29) is 24.0 Å². The molecule has 4 aromatic carbocycles. The second-order valence-corrected chi connectivity index (χ2v) is 11.4. The number of hydrogen-bond donors (Lipinski definition) is 0. The van der Waals surface area contributed by atoms with Crippen LogP contribution >= 0.6 is 7.26 Å². The van der Waals surface area contributed by atoms with E-state index in [4.69, 9.17) is 9.47 Å². The maximum atomic E-state index is 5.51. The molecule has 4 aromatic rings. The van der Waals surface area contributed by atoms with Gasteiger partial charge in [0, 0.05) is 0 Å². The Balaban J connectivity index is 0.00000306. The molecule has 33 heavy (non-hydrogen) atoms. The van der Waals surface area contributed by atoms with Gasteiger partial charge in [0.05, 0.1) is 20.4 Å². The summed E-state index contributed by atoms with van der Waals surface area (Å²) in [7, 11) is 1.59. The monoisotopic (exact) mass is 568 g/mol. The van der Waals surface area contributed by atoms with Gasteiger partial charge in [0.25, 0.3) is 0 Å². The molecule has 0 aliphatic heterocycles. The van der Waals surface area contributed by atoms with Gasteiger partial charge in [0.2, 0.25) is 0 Å². The van der Waals surface area contributed by atoms with Crippen LogP contribution < -0.4 is 49.4 Å². The Morgan fingerprint density at radius 1 is 0.576 bits per heavy atom. The first kappa shape index (κ1) is 25.3. The molecule has 4 heteroatoms. The molecule has 0 fully saturated rings. The van der Waals surface area contributed by atoms with Crippen LogP contribution in [0.4, 0.5) is 0 Å². The van der Waals surface area contributed by atoms with Crippen molar-refractivity contribution < 1.29 is 33.5 Å². The Kier molecular flexibility index (Phi) is 9.34. The van der Waals surface area contributed by atoms with Crippen LogP contribution in [0, 0.1) is 0 Å². The predicted molar refractivity (Wildman–Crippen MR) is 138 cm³/mol. The second-order valence-electron chi connectivity index (χ2n) is 7.83. The van der Waals surface area contributed by atoms with Crippen LogP contribution in [0.25, 0.3) is 0 Å². The third-order valence-electron chi connectivity index (χ3n) is 6.00. The van der Waals surface area contributed by atoms with E-state index < -0.39 is 7.26 Å². The first-order valence-electron chi connectivity index (χ1n) is 11.0. The van der Waals surface area contributed by atoms with E-state index in [0.29, 0.717) is 0 Å². The molecule has 0 amide bonds. The van der Waals surface area contributed by atoms with Gasteiger partial charge < -0.3 is 33.5 Å². The van der Waals surface area contributed by atoms with E-state index in [1.54, 1.807) is 14.2 Å². The van der Waals surface area contributed by atoms with E-state index in [0.717, 1.165) is 30.5 Å². The van der Waals surface area contributed by atoms with Crippen molar-refractivity contribution in [2.75, 3.05) is 20.4 Å². The van der Waals surface area contributed by atoms with Crippen molar-refractivity contribution in [2.45, 2.75) is 12.8 Å². The number of halogens is 1. The highest BCUT2D eigenvalue weighted by atomic mass is 127. The first-order chi connectivity index (χ1) is 15.8. The average Bonchev–Trinajstić information content (AvgIpc) is 2.88. The SMILES string of the molecule is COc1ccc(CCC[P+](c2ccccc2)(c2ccccc2)c2ccccc2)cc1OC.[I-]. The van der Waals surface area contributed by atoms with Crippen molar-refractivity contribution in [2.24, 2.45) is 0 Å². The summed E-state index contributed by atoms with van der Waals surface area (Å²) in [6, 6.07) is 39.5. The number of rotatable bonds is 9. The number of ether oxygens (including phenoxy) is 2. The third-order valence-corrected chi connectivity index (χ3v) is 10.5. The summed E-state index contributed by atoms with van der Waals surface area (Å²) in [6.45, 7) is 0. The molecule has 170 valence electrons. The van der Waals surface area contributed by atoms with E-state index in [1.165, 1.54) is 21.5 Å². The lowest BCUT2D eigenvalue weighted by Crippen LogP contribution is -3.00. The highest BCUT2D eigenvalue weighted by molar-refractivity contribution is 7.95. The number of aryl methyl sites for hydroxylation is 1. The zero-order chi connectivity index (χ0) is 22.2. The molecule has 4 rings (SSSR count). The van der Waals surface area contributed by atoms with Gasteiger partial charge in [0.1, 0.15) is 23.2 Å². The van der Waals surface area contributed by atoms with E-state index >= 15 is 0 Å². The van der Waals surface area contributed by atoms with Crippen LogP contribution in [0.1, 0.15) is 12.0 Å². The van der Waals surface area contributed by atoms with E-state index in [9.17, 15) is 0 Å². The molecule has 0 spiro atoms. The molecule has 0 aromatic heterocycles. The minimum atomic E-state index is -1.78. The Hall–Kier alpha value is -2.36. The van der Waals surface area contributed by atoms with E-state index in [2.05, 4.69) is 103 Å². The first-order valence-corrected chi connectivity index (χ1v) is 13.0. The Morgan fingerprint density at radius 2 is 1.03 bits per heavy atom. The van der Waals surface area contributed by atoms with Crippen LogP contribution in [-0.2, 0) is 6.42 Å². The van der Waals surface area contributed by atoms with Gasteiger partial charge in [-0.3, -0.25) is 0 Å². The van der Waals surface area contributed by atoms with Crippen LogP contribution in [0.5, 0.6) is 11.5 Å². The summed E-state index contributed by atoms with van der Waals surface area (Å²) in [6.07, 6.45) is 3.19. The standard InChI is InChI=1S/C29H30O2P.HI/c1-30-28-21-20-24(23-29(28)31-2)13-12-22-32(25-14-6-3-7-15-25,26-16-8-4-9-17-26)27-18-10-5-11-19-27;/h3-11,14-21,23H,12-13,22H2,1-2H3;1H/q+1;/p-1. The topological polar surface area (TPSA) is 18.5 Å². The average molecular weight is 568 g/mol. The Labute approximate surface area is 215 Å². The fourth-order valence-corrected chi connectivity index (χ4v) is 8.78. The molecule has 0 aliphatic rings. The number of benzene rings is 4. The van der Waals surface area contributed by atoms with Crippen LogP contribution in [0.3, 0.4) is 0 Å². The van der Waals surface area contributed by atoms with Crippen molar-refractivity contribution in [3.05, 3.63) is 115 Å². The molecule has 0 atom stereocenters. The molecule has 0 saturated carbocycles. The molecule has 2 nitrogen and oxygen atoms in total. The van der Waals surface area contributed by atoms with Crippen molar-refractivity contribution in [1.29, 1.82) is 0 Å². The van der Waals surface area contributed by atoms with Crippen molar-refractivity contribution >= 4 is 23.2 Å². The highest BCUT2D eigenvalue weighted by Crippen LogP contribution is 2.55. The minimum absolute atomic E-state index is 0. The smallest absolute Gasteiger partial charge is 0.160 e. The largest absolute Gasteiger partial charge is 1.00 e. The number of methoxy groups -OCH3 is 2. The van der Waals surface area contributed by atoms with Gasteiger partial charge in [-0.25, -0.2) is 0 Å². The summed E-state index contributed by atoms with van der Waals surface area (Å²) in [5.41, 5.74) is 1.27. The molecule has 0 radical (unpaired) electrons. The molecule has 0 unspecified atom stereocenters. The molecule has 0 N–H and O–H groups in total. The summed E-state index contributed by atoms with van der Waals surface area (Å²) < 4.78 is 10.9. The summed E-state index contributed by atoms with van der Waals surface area (Å²) >= 11 is 0. The summed E-state index contributed by atoms with van der Waals surface area (Å²) in [4.78, 5) is 0. The minimum Gasteiger partial charge on any atom is -1.00 e. The second kappa shape index (κ2) is 12.2. The quantitative estimate of drug-likeness (QED) is 0.229. The molecular formula is C29H30IO2P. The zero-order valence-electron chi connectivity index (χ0n) is 19.2. The fourth-order valence-electron chi connectivity index (χ4n) is 4.44. The van der Waals surface area contributed by atoms with E-state index in [1.807, 2.05) is 6.07 Å². The summed E-state index contributed by atoms with van der Waals surface area (Å²) in [5, 5.41) is 4.30. The van der Waals surface area contributed by atoms with Crippen molar-refractivity contribution in [3.63, 3.8) is 0 Å². The van der Waals surface area contributed by atoms with Gasteiger partial charge in [-0.1, -0.05) is 60.7 Å². The fraction of sp³-hybridized carbons (Fsp3) is 0.172. The molecule has 0 bridgehead atoms. The lowest BCUT2D eigenvalue weighted by atomic mass is 10.1. The molecule has 0 aliphatic carbocycles. The van der Waals surface area contributed by atoms with Crippen LogP contribution in [0.15, 0.2) is 109 Å². The normalized spacial score (nSPS) is 10.8. The highest BCUT2D eigenvalue weighted by Gasteiger charge is 2.44.